The van der Waals surface area contributed by atoms with E-state index in [1.54, 1.807) is 32.8 Å². The van der Waals surface area contributed by atoms with E-state index in [0.29, 0.717) is 5.69 Å². The van der Waals surface area contributed by atoms with E-state index in [-0.39, 0.29) is 0 Å². The predicted molar refractivity (Wildman–Crippen MR) is 63.9 cm³/mol. The Bertz CT molecular complexity index is 497. The lowest BCUT2D eigenvalue weighted by Gasteiger charge is -1.94. The highest BCUT2D eigenvalue weighted by Crippen LogP contribution is 2.30. The smallest absolute Gasteiger partial charge is 0.108 e. The lowest BCUT2D eigenvalue weighted by atomic mass is 10.2. The van der Waals surface area contributed by atoms with Gasteiger partial charge in [-0.05, 0) is 28.9 Å². The highest BCUT2D eigenvalue weighted by Gasteiger charge is 2.00. The number of rotatable bonds is 2. The molecule has 2 aromatic rings. The number of hydrogen-bond acceptors (Lipinski definition) is 5. The first-order chi connectivity index (χ1) is 6.79. The highest BCUT2D eigenvalue weighted by molar-refractivity contribution is 7.80. The van der Waals surface area contributed by atoms with Gasteiger partial charge in [0.05, 0.1) is 0 Å². The van der Waals surface area contributed by atoms with Crippen molar-refractivity contribution >= 4 is 38.6 Å². The molecule has 1 aromatic carbocycles. The SMILES string of the molecule is O=Nc1ccc(-c2cc(=S)ss2)cc1. The van der Waals surface area contributed by atoms with Gasteiger partial charge in [-0.3, -0.25) is 0 Å². The fourth-order valence-corrected chi connectivity index (χ4v) is 3.46. The van der Waals surface area contributed by atoms with Gasteiger partial charge in [0.1, 0.15) is 9.51 Å². The second kappa shape index (κ2) is 4.08. The van der Waals surface area contributed by atoms with Crippen LogP contribution in [0.25, 0.3) is 10.4 Å². The van der Waals surface area contributed by atoms with Crippen LogP contribution in [-0.4, -0.2) is 0 Å². The summed E-state index contributed by atoms with van der Waals surface area (Å²) >= 11 is 5.04. The Hall–Kier alpha value is -0.910. The van der Waals surface area contributed by atoms with Crippen LogP contribution in [0.1, 0.15) is 0 Å². The van der Waals surface area contributed by atoms with E-state index in [2.05, 4.69) is 5.18 Å². The van der Waals surface area contributed by atoms with E-state index in [4.69, 9.17) is 12.2 Å². The number of hydrogen-bond donors (Lipinski definition) is 0. The van der Waals surface area contributed by atoms with Crippen LogP contribution in [0.5, 0.6) is 0 Å². The van der Waals surface area contributed by atoms with Gasteiger partial charge in [0.15, 0.2) is 0 Å². The third-order valence-corrected chi connectivity index (χ3v) is 4.63. The first-order valence-corrected chi connectivity index (χ1v) is 6.39. The van der Waals surface area contributed by atoms with Crippen molar-refractivity contribution < 1.29 is 0 Å². The second-order valence-corrected chi connectivity index (χ2v) is 5.54. The topological polar surface area (TPSA) is 29.4 Å². The first-order valence-electron chi connectivity index (χ1n) is 3.83. The average Bonchev–Trinajstić information content (AvgIpc) is 2.65. The molecule has 0 aliphatic rings. The van der Waals surface area contributed by atoms with Crippen molar-refractivity contribution in [2.75, 3.05) is 0 Å². The molecule has 0 bridgehead atoms. The zero-order chi connectivity index (χ0) is 9.97. The maximum atomic E-state index is 10.2. The Labute approximate surface area is 93.2 Å². The van der Waals surface area contributed by atoms with Gasteiger partial charge in [-0.2, -0.15) is 0 Å². The van der Waals surface area contributed by atoms with Crippen molar-refractivity contribution in [1.29, 1.82) is 0 Å². The Morgan fingerprint density at radius 2 is 1.86 bits per heavy atom. The second-order valence-electron chi connectivity index (χ2n) is 2.63. The number of nitroso groups, excluding NO2 is 1. The molecular weight excluding hydrogens is 234 g/mol. The Morgan fingerprint density at radius 1 is 1.14 bits per heavy atom. The van der Waals surface area contributed by atoms with Crippen LogP contribution in [0.15, 0.2) is 35.5 Å². The number of benzene rings is 1. The van der Waals surface area contributed by atoms with Crippen molar-refractivity contribution in [3.63, 3.8) is 0 Å². The largest absolute Gasteiger partial charge is 0.145 e. The molecule has 14 heavy (non-hydrogen) atoms. The molecule has 0 N–H and O–H groups in total. The Kier molecular flexibility index (Phi) is 2.81. The van der Waals surface area contributed by atoms with Crippen LogP contribution >= 0.6 is 32.9 Å². The van der Waals surface area contributed by atoms with Crippen LogP contribution in [0.2, 0.25) is 0 Å². The molecule has 0 fully saturated rings. The van der Waals surface area contributed by atoms with E-state index in [0.717, 1.165) is 14.3 Å². The average molecular weight is 239 g/mol. The van der Waals surface area contributed by atoms with Crippen molar-refractivity contribution in [2.24, 2.45) is 5.18 Å². The summed E-state index contributed by atoms with van der Waals surface area (Å²) in [5, 5.41) is 2.85. The molecule has 0 radical (unpaired) electrons. The molecule has 70 valence electrons. The highest BCUT2D eigenvalue weighted by atomic mass is 32.9. The van der Waals surface area contributed by atoms with E-state index in [9.17, 15) is 4.91 Å². The molecule has 5 heteroatoms. The summed E-state index contributed by atoms with van der Waals surface area (Å²) in [6, 6.07) is 9.13. The third kappa shape index (κ3) is 1.95. The van der Waals surface area contributed by atoms with Crippen molar-refractivity contribution in [3.05, 3.63) is 39.1 Å². The number of nitrogens with zero attached hydrogens (tertiary/aromatic N) is 1. The summed E-state index contributed by atoms with van der Waals surface area (Å²) in [6.45, 7) is 0. The fourth-order valence-electron chi connectivity index (χ4n) is 1.06. The molecule has 1 heterocycles. The first kappa shape index (κ1) is 9.64. The van der Waals surface area contributed by atoms with Crippen LogP contribution in [0.3, 0.4) is 0 Å². The molecular formula is C9H5NOS3. The summed E-state index contributed by atoms with van der Waals surface area (Å²) in [5.74, 6) is 0. The van der Waals surface area contributed by atoms with E-state index < -0.39 is 0 Å². The van der Waals surface area contributed by atoms with E-state index >= 15 is 0 Å². The van der Waals surface area contributed by atoms with Crippen LogP contribution in [0, 0.1) is 8.73 Å². The monoisotopic (exact) mass is 239 g/mol. The molecule has 2 nitrogen and oxygen atoms in total. The Morgan fingerprint density at radius 3 is 2.36 bits per heavy atom. The molecule has 0 spiro atoms. The van der Waals surface area contributed by atoms with E-state index in [1.165, 1.54) is 0 Å². The summed E-state index contributed by atoms with van der Waals surface area (Å²) in [5.41, 5.74) is 1.53. The minimum absolute atomic E-state index is 0.451. The van der Waals surface area contributed by atoms with Gasteiger partial charge in [-0.25, -0.2) is 0 Å². The van der Waals surface area contributed by atoms with Gasteiger partial charge in [-0.1, -0.05) is 45.0 Å². The molecule has 0 saturated heterocycles. The minimum Gasteiger partial charge on any atom is -0.145 e. The standard InChI is InChI=1S/C9H5NOS3/c11-10-7-3-1-6(2-4-7)8-5-9(12)14-13-8/h1-5H. The van der Waals surface area contributed by atoms with Crippen molar-refractivity contribution in [2.45, 2.75) is 0 Å². The quantitative estimate of drug-likeness (QED) is 0.435. The lowest BCUT2D eigenvalue weighted by molar-refractivity contribution is 1.50. The summed E-state index contributed by atoms with van der Waals surface area (Å²) in [7, 11) is 3.23. The maximum absolute atomic E-state index is 10.2. The van der Waals surface area contributed by atoms with Gasteiger partial charge in [0.2, 0.25) is 0 Å². The van der Waals surface area contributed by atoms with Crippen LogP contribution in [0.4, 0.5) is 5.69 Å². The van der Waals surface area contributed by atoms with Crippen molar-refractivity contribution in [1.82, 2.24) is 0 Å². The Balaban J connectivity index is 2.42. The van der Waals surface area contributed by atoms with Gasteiger partial charge < -0.3 is 0 Å². The molecule has 1 aromatic heterocycles. The lowest BCUT2D eigenvalue weighted by Crippen LogP contribution is -1.69. The third-order valence-electron chi connectivity index (χ3n) is 1.72. The molecule has 0 amide bonds. The summed E-state index contributed by atoms with van der Waals surface area (Å²) in [4.78, 5) is 11.3. The van der Waals surface area contributed by atoms with Gasteiger partial charge in [0.25, 0.3) is 0 Å². The van der Waals surface area contributed by atoms with Crippen LogP contribution in [-0.2, 0) is 0 Å². The summed E-state index contributed by atoms with van der Waals surface area (Å²) in [6.07, 6.45) is 0. The fraction of sp³-hybridized carbons (Fsp3) is 0. The van der Waals surface area contributed by atoms with Crippen LogP contribution < -0.4 is 0 Å². The minimum atomic E-state index is 0.451. The van der Waals surface area contributed by atoms with Gasteiger partial charge >= 0.3 is 0 Å². The normalized spacial score (nSPS) is 10.0. The molecule has 0 atom stereocenters. The summed E-state index contributed by atoms with van der Waals surface area (Å²) < 4.78 is 0.891. The van der Waals surface area contributed by atoms with Gasteiger partial charge in [0, 0.05) is 4.88 Å². The predicted octanol–water partition coefficient (Wildman–Crippen LogP) is 4.60. The molecule has 0 saturated carbocycles. The molecule has 2 rings (SSSR count). The van der Waals surface area contributed by atoms with Gasteiger partial charge in [-0.15, -0.1) is 4.91 Å². The molecule has 0 aliphatic carbocycles. The maximum Gasteiger partial charge on any atom is 0.108 e. The van der Waals surface area contributed by atoms with Crippen molar-refractivity contribution in [3.8, 4) is 10.4 Å². The van der Waals surface area contributed by atoms with E-state index in [1.807, 2.05) is 18.2 Å². The zero-order valence-electron chi connectivity index (χ0n) is 6.97. The molecule has 0 unspecified atom stereocenters. The zero-order valence-corrected chi connectivity index (χ0v) is 9.42. The molecule has 0 aliphatic heterocycles.